The molecule has 0 fully saturated rings. The Bertz CT molecular complexity index is 3180. The van der Waals surface area contributed by atoms with Crippen molar-refractivity contribution in [1.82, 2.24) is 24.1 Å². The molecule has 0 saturated carbocycles. The Morgan fingerprint density at radius 2 is 0.750 bits per heavy atom. The Balaban J connectivity index is 1.19. The topological polar surface area (TPSA) is 48.5 Å². The molecule has 0 aliphatic rings. The largest absolute Gasteiger partial charge is 0.309 e. The Morgan fingerprint density at radius 1 is 0.286 bits per heavy atom. The fourth-order valence-corrected chi connectivity index (χ4v) is 8.20. The molecule has 5 heteroatoms. The van der Waals surface area contributed by atoms with E-state index in [9.17, 15) is 0 Å². The van der Waals surface area contributed by atoms with Gasteiger partial charge in [0.05, 0.1) is 27.8 Å². The minimum Gasteiger partial charge on any atom is -0.309 e. The summed E-state index contributed by atoms with van der Waals surface area (Å²) >= 11 is 0. The van der Waals surface area contributed by atoms with Crippen LogP contribution in [0, 0.1) is 0 Å². The highest BCUT2D eigenvalue weighted by Gasteiger charge is 2.21. The zero-order valence-corrected chi connectivity index (χ0v) is 30.3. The summed E-state index contributed by atoms with van der Waals surface area (Å²) in [5.41, 5.74) is 11.6. The van der Waals surface area contributed by atoms with E-state index in [1.165, 1.54) is 21.5 Å². The normalized spacial score (nSPS) is 11.6. The molecule has 3 aromatic heterocycles. The van der Waals surface area contributed by atoms with Crippen LogP contribution in [0.25, 0.3) is 100 Å². The number of hydrogen-bond donors (Lipinski definition) is 0. The number of para-hydroxylation sites is 4. The molecule has 0 unspecified atom stereocenters. The van der Waals surface area contributed by atoms with Gasteiger partial charge in [-0.2, -0.15) is 0 Å². The molecule has 3 heterocycles. The van der Waals surface area contributed by atoms with Crippen LogP contribution in [-0.2, 0) is 0 Å². The molecule has 0 amide bonds. The van der Waals surface area contributed by atoms with Gasteiger partial charge in [-0.1, -0.05) is 152 Å². The van der Waals surface area contributed by atoms with E-state index >= 15 is 0 Å². The third-order valence-electron chi connectivity index (χ3n) is 10.8. The quantitative estimate of drug-likeness (QED) is 0.172. The molecule has 0 radical (unpaired) electrons. The van der Waals surface area contributed by atoms with Gasteiger partial charge in [-0.25, -0.2) is 15.0 Å². The molecule has 0 saturated heterocycles. The van der Waals surface area contributed by atoms with Gasteiger partial charge in [0, 0.05) is 43.9 Å². The smallest absolute Gasteiger partial charge is 0.166 e. The predicted molar refractivity (Wildman–Crippen MR) is 230 cm³/mol. The van der Waals surface area contributed by atoms with Crippen molar-refractivity contribution in [2.45, 2.75) is 0 Å². The highest BCUT2D eigenvalue weighted by molar-refractivity contribution is 6.11. The number of fused-ring (bicyclic) bond motifs is 6. The first-order valence-corrected chi connectivity index (χ1v) is 18.9. The highest BCUT2D eigenvalue weighted by atomic mass is 15.1. The van der Waals surface area contributed by atoms with Crippen molar-refractivity contribution in [3.8, 4) is 56.7 Å². The fraction of sp³-hybridized carbons (Fsp3) is 0. The first-order chi connectivity index (χ1) is 27.8. The van der Waals surface area contributed by atoms with Gasteiger partial charge in [-0.15, -0.1) is 0 Å². The first-order valence-electron chi connectivity index (χ1n) is 18.9. The summed E-state index contributed by atoms with van der Waals surface area (Å²) in [5.74, 6) is 1.84. The number of nitrogens with zero attached hydrogens (tertiary/aromatic N) is 5. The van der Waals surface area contributed by atoms with E-state index in [-0.39, 0.29) is 0 Å². The van der Waals surface area contributed by atoms with Crippen LogP contribution in [0.4, 0.5) is 0 Å². The summed E-state index contributed by atoms with van der Waals surface area (Å²) in [5, 5.41) is 4.77. The van der Waals surface area contributed by atoms with Crippen molar-refractivity contribution in [3.05, 3.63) is 200 Å². The van der Waals surface area contributed by atoms with Gasteiger partial charge < -0.3 is 9.13 Å². The molecule has 0 N–H and O–H groups in total. The summed E-state index contributed by atoms with van der Waals surface area (Å²) in [6.07, 6.45) is 0. The third kappa shape index (κ3) is 5.21. The lowest BCUT2D eigenvalue weighted by atomic mass is 10.0. The standard InChI is InChI=1S/C51H33N5/c1-4-16-34(17-5-1)36-28-31-43(48(32-36)56-45-26-14-11-22-39(45)40-23-12-15-27-46(40)56)51-53-49(35-18-6-2-7-19-35)52-50(54-51)37-29-30-42-41-24-10-13-25-44(41)55(47(42)33-37)38-20-8-3-9-21-38/h1-33H. The minimum absolute atomic E-state index is 0.606. The van der Waals surface area contributed by atoms with E-state index in [4.69, 9.17) is 15.0 Å². The maximum atomic E-state index is 5.35. The maximum Gasteiger partial charge on any atom is 0.166 e. The summed E-state index contributed by atoms with van der Waals surface area (Å²) in [6.45, 7) is 0. The molecule has 0 spiro atoms. The molecular weight excluding hydrogens is 683 g/mol. The van der Waals surface area contributed by atoms with Gasteiger partial charge in [-0.3, -0.25) is 0 Å². The number of aromatic nitrogens is 5. The zero-order chi connectivity index (χ0) is 37.0. The van der Waals surface area contributed by atoms with Crippen LogP contribution in [0.15, 0.2) is 200 Å². The maximum absolute atomic E-state index is 5.35. The molecule has 5 nitrogen and oxygen atoms in total. The second kappa shape index (κ2) is 13.0. The van der Waals surface area contributed by atoms with E-state index in [1.807, 2.05) is 18.2 Å². The lowest BCUT2D eigenvalue weighted by Gasteiger charge is -2.16. The molecule has 262 valence electrons. The van der Waals surface area contributed by atoms with Crippen LogP contribution in [0.1, 0.15) is 0 Å². The summed E-state index contributed by atoms with van der Waals surface area (Å²) in [7, 11) is 0. The van der Waals surface area contributed by atoms with Gasteiger partial charge in [0.15, 0.2) is 17.5 Å². The van der Waals surface area contributed by atoms with Crippen molar-refractivity contribution in [2.24, 2.45) is 0 Å². The number of rotatable bonds is 6. The highest BCUT2D eigenvalue weighted by Crippen LogP contribution is 2.39. The second-order valence-corrected chi connectivity index (χ2v) is 14.1. The van der Waals surface area contributed by atoms with Crippen molar-refractivity contribution in [3.63, 3.8) is 0 Å². The zero-order valence-electron chi connectivity index (χ0n) is 30.3. The van der Waals surface area contributed by atoms with Crippen LogP contribution >= 0.6 is 0 Å². The van der Waals surface area contributed by atoms with Crippen molar-refractivity contribution < 1.29 is 0 Å². The first kappa shape index (κ1) is 31.9. The van der Waals surface area contributed by atoms with Crippen LogP contribution < -0.4 is 0 Å². The van der Waals surface area contributed by atoms with Crippen molar-refractivity contribution >= 4 is 43.6 Å². The van der Waals surface area contributed by atoms with Crippen LogP contribution in [0.5, 0.6) is 0 Å². The van der Waals surface area contributed by atoms with E-state index in [1.54, 1.807) is 0 Å². The molecule has 0 atom stereocenters. The Hall–Kier alpha value is -7.63. The molecule has 11 aromatic rings. The summed E-state index contributed by atoms with van der Waals surface area (Å²) < 4.78 is 4.69. The molecule has 0 bridgehead atoms. The summed E-state index contributed by atoms with van der Waals surface area (Å²) in [4.78, 5) is 15.8. The Morgan fingerprint density at radius 3 is 1.38 bits per heavy atom. The predicted octanol–water partition coefficient (Wildman–Crippen LogP) is 12.7. The molecule has 8 aromatic carbocycles. The van der Waals surface area contributed by atoms with E-state index in [0.717, 1.165) is 61.3 Å². The van der Waals surface area contributed by atoms with Gasteiger partial charge in [0.25, 0.3) is 0 Å². The third-order valence-corrected chi connectivity index (χ3v) is 10.8. The van der Waals surface area contributed by atoms with Gasteiger partial charge >= 0.3 is 0 Å². The van der Waals surface area contributed by atoms with E-state index in [2.05, 4.69) is 191 Å². The van der Waals surface area contributed by atoms with E-state index < -0.39 is 0 Å². The average molecular weight is 716 g/mol. The number of benzene rings is 8. The Kier molecular flexibility index (Phi) is 7.42. The monoisotopic (exact) mass is 715 g/mol. The molecular formula is C51H33N5. The molecule has 0 aliphatic heterocycles. The van der Waals surface area contributed by atoms with Gasteiger partial charge in [0.2, 0.25) is 0 Å². The summed E-state index contributed by atoms with van der Waals surface area (Å²) in [6, 6.07) is 70.3. The Labute approximate surface area is 323 Å². The molecule has 11 rings (SSSR count). The van der Waals surface area contributed by atoms with Gasteiger partial charge in [-0.05, 0) is 59.7 Å². The molecule has 56 heavy (non-hydrogen) atoms. The second-order valence-electron chi connectivity index (χ2n) is 14.1. The average Bonchev–Trinajstić information content (AvgIpc) is 3.79. The van der Waals surface area contributed by atoms with Crippen LogP contribution in [0.3, 0.4) is 0 Å². The SMILES string of the molecule is c1ccc(-c2ccc(-c3nc(-c4ccccc4)nc(-c4ccc5c6ccccc6n(-c6ccccc6)c5c4)n3)c(-n3c4ccccc4c4ccccc43)c2)cc1. The van der Waals surface area contributed by atoms with Crippen LogP contribution in [0.2, 0.25) is 0 Å². The fourth-order valence-electron chi connectivity index (χ4n) is 8.20. The molecule has 0 aliphatic carbocycles. The van der Waals surface area contributed by atoms with Crippen molar-refractivity contribution in [2.75, 3.05) is 0 Å². The number of hydrogen-bond acceptors (Lipinski definition) is 3. The minimum atomic E-state index is 0.606. The van der Waals surface area contributed by atoms with Gasteiger partial charge in [0.1, 0.15) is 0 Å². The van der Waals surface area contributed by atoms with Crippen LogP contribution in [-0.4, -0.2) is 24.1 Å². The van der Waals surface area contributed by atoms with Crippen molar-refractivity contribution in [1.29, 1.82) is 0 Å². The van der Waals surface area contributed by atoms with E-state index in [0.29, 0.717) is 17.5 Å². The lowest BCUT2D eigenvalue weighted by molar-refractivity contribution is 1.06. The lowest BCUT2D eigenvalue weighted by Crippen LogP contribution is -2.04.